The van der Waals surface area contributed by atoms with E-state index in [2.05, 4.69) is 4.98 Å². The number of thiophene rings is 1. The summed E-state index contributed by atoms with van der Waals surface area (Å²) in [6.07, 6.45) is 2.54. The van der Waals surface area contributed by atoms with Crippen LogP contribution < -0.4 is 0 Å². The number of carbonyl (C=O) groups excluding carboxylic acids is 2. The van der Waals surface area contributed by atoms with Gasteiger partial charge in [-0.2, -0.15) is 0 Å². The lowest BCUT2D eigenvalue weighted by atomic mass is 9.98. The second-order valence-corrected chi connectivity index (χ2v) is 8.44. The fourth-order valence-corrected chi connectivity index (χ4v) is 3.47. The minimum absolute atomic E-state index is 0.0522. The molecular formula is C19H24N2O5S. The van der Waals surface area contributed by atoms with Gasteiger partial charge in [0, 0.05) is 13.1 Å². The van der Waals surface area contributed by atoms with Gasteiger partial charge in [0.1, 0.15) is 24.2 Å². The molecule has 1 atom stereocenters. The zero-order valence-corrected chi connectivity index (χ0v) is 16.6. The number of aromatic nitrogens is 1. The van der Waals surface area contributed by atoms with Crippen LogP contribution in [-0.4, -0.2) is 40.6 Å². The molecule has 27 heavy (non-hydrogen) atoms. The predicted octanol–water partition coefficient (Wildman–Crippen LogP) is 4.09. The Hall–Kier alpha value is -2.35. The third-order valence-corrected chi connectivity index (χ3v) is 4.91. The van der Waals surface area contributed by atoms with Gasteiger partial charge in [-0.05, 0) is 45.1 Å². The Morgan fingerprint density at radius 2 is 2.22 bits per heavy atom. The van der Waals surface area contributed by atoms with Crippen molar-refractivity contribution in [3.63, 3.8) is 0 Å². The summed E-state index contributed by atoms with van der Waals surface area (Å²) in [5, 5.41) is 1.94. The van der Waals surface area contributed by atoms with Gasteiger partial charge in [0.05, 0.1) is 10.8 Å². The van der Waals surface area contributed by atoms with Gasteiger partial charge in [0.25, 0.3) is 0 Å². The Morgan fingerprint density at radius 1 is 1.41 bits per heavy atom. The number of likely N-dealkylation sites (tertiary alicyclic amines) is 1. The highest BCUT2D eigenvalue weighted by molar-refractivity contribution is 7.13. The molecule has 1 amide bonds. The Labute approximate surface area is 162 Å². The van der Waals surface area contributed by atoms with Crippen molar-refractivity contribution in [2.24, 2.45) is 5.92 Å². The summed E-state index contributed by atoms with van der Waals surface area (Å²) in [5.74, 6) is -0.163. The molecule has 0 saturated carbocycles. The monoisotopic (exact) mass is 392 g/mol. The predicted molar refractivity (Wildman–Crippen MR) is 100 cm³/mol. The number of carbonyl (C=O) groups is 2. The average molecular weight is 392 g/mol. The van der Waals surface area contributed by atoms with Crippen LogP contribution in [0, 0.1) is 5.92 Å². The summed E-state index contributed by atoms with van der Waals surface area (Å²) in [5.41, 5.74) is 0.00385. The second-order valence-electron chi connectivity index (χ2n) is 7.49. The first kappa shape index (κ1) is 19.4. The number of oxazole rings is 1. The summed E-state index contributed by atoms with van der Waals surface area (Å²) < 4.78 is 16.2. The lowest BCUT2D eigenvalue weighted by Gasteiger charge is -2.33. The molecule has 0 spiro atoms. The fraction of sp³-hybridized carbons (Fsp3) is 0.526. The fourth-order valence-electron chi connectivity index (χ4n) is 2.81. The van der Waals surface area contributed by atoms with Crippen molar-refractivity contribution < 1.29 is 23.5 Å². The van der Waals surface area contributed by atoms with Gasteiger partial charge in [-0.1, -0.05) is 6.07 Å². The molecule has 7 nitrogen and oxygen atoms in total. The molecule has 1 aliphatic rings. The second kappa shape index (κ2) is 8.12. The van der Waals surface area contributed by atoms with Crippen LogP contribution in [-0.2, 0) is 20.9 Å². The van der Waals surface area contributed by atoms with Crippen molar-refractivity contribution in [2.75, 3.05) is 13.1 Å². The highest BCUT2D eigenvalue weighted by Crippen LogP contribution is 2.24. The molecule has 1 saturated heterocycles. The lowest BCUT2D eigenvalue weighted by Crippen LogP contribution is -2.45. The normalized spacial score (nSPS) is 17.6. The molecule has 1 fully saturated rings. The third-order valence-electron chi connectivity index (χ3n) is 4.05. The SMILES string of the molecule is CC(C)(C)OC(=O)N1CCCC(C(=O)OCc2coc(-c3cccs3)n2)C1. The summed E-state index contributed by atoms with van der Waals surface area (Å²) in [6, 6.07) is 3.84. The summed E-state index contributed by atoms with van der Waals surface area (Å²) in [4.78, 5) is 31.4. The Kier molecular flexibility index (Phi) is 5.84. The van der Waals surface area contributed by atoms with Crippen molar-refractivity contribution >= 4 is 23.4 Å². The van der Waals surface area contributed by atoms with Gasteiger partial charge in [-0.3, -0.25) is 4.79 Å². The van der Waals surface area contributed by atoms with E-state index < -0.39 is 11.7 Å². The number of amides is 1. The molecular weight excluding hydrogens is 368 g/mol. The number of nitrogens with zero attached hydrogens (tertiary/aromatic N) is 2. The summed E-state index contributed by atoms with van der Waals surface area (Å²) >= 11 is 1.53. The van der Waals surface area contributed by atoms with Crippen LogP contribution >= 0.6 is 11.3 Å². The summed E-state index contributed by atoms with van der Waals surface area (Å²) in [7, 11) is 0. The van der Waals surface area contributed by atoms with Gasteiger partial charge >= 0.3 is 12.1 Å². The van der Waals surface area contributed by atoms with Gasteiger partial charge in [0.15, 0.2) is 0 Å². The number of hydrogen-bond donors (Lipinski definition) is 0. The van der Waals surface area contributed by atoms with Crippen molar-refractivity contribution in [1.29, 1.82) is 0 Å². The van der Waals surface area contributed by atoms with E-state index >= 15 is 0 Å². The maximum absolute atomic E-state index is 12.4. The van der Waals surface area contributed by atoms with Crippen molar-refractivity contribution in [3.8, 4) is 10.8 Å². The molecule has 1 unspecified atom stereocenters. The van der Waals surface area contributed by atoms with Gasteiger partial charge in [0.2, 0.25) is 5.89 Å². The smallest absolute Gasteiger partial charge is 0.410 e. The van der Waals surface area contributed by atoms with Gasteiger partial charge in [-0.15, -0.1) is 11.3 Å². The standard InChI is InChI=1S/C19H24N2O5S/c1-19(2,3)26-18(23)21-8-4-6-13(10-21)17(22)25-12-14-11-24-16(20-14)15-7-5-9-27-15/h5,7,9,11,13H,4,6,8,10,12H2,1-3H3. The van der Waals surface area contributed by atoms with E-state index in [1.807, 2.05) is 38.3 Å². The molecule has 1 aliphatic heterocycles. The van der Waals surface area contributed by atoms with E-state index in [1.165, 1.54) is 17.6 Å². The molecule has 0 aromatic carbocycles. The average Bonchev–Trinajstić information content (AvgIpc) is 3.29. The minimum atomic E-state index is -0.558. The van der Waals surface area contributed by atoms with Crippen molar-refractivity contribution in [2.45, 2.75) is 45.8 Å². The molecule has 3 heterocycles. The topological polar surface area (TPSA) is 81.9 Å². The van der Waals surface area contributed by atoms with Crippen LogP contribution in [0.2, 0.25) is 0 Å². The van der Waals surface area contributed by atoms with E-state index in [1.54, 1.807) is 4.90 Å². The zero-order chi connectivity index (χ0) is 19.4. The van der Waals surface area contributed by atoms with E-state index in [9.17, 15) is 9.59 Å². The van der Waals surface area contributed by atoms with Crippen LogP contribution in [0.25, 0.3) is 10.8 Å². The van der Waals surface area contributed by atoms with E-state index in [4.69, 9.17) is 13.9 Å². The minimum Gasteiger partial charge on any atom is -0.459 e. The molecule has 2 aromatic heterocycles. The molecule has 2 aromatic rings. The number of piperidine rings is 1. The van der Waals surface area contributed by atoms with Crippen LogP contribution in [0.15, 0.2) is 28.2 Å². The number of hydrogen-bond acceptors (Lipinski definition) is 7. The van der Waals surface area contributed by atoms with Gasteiger partial charge < -0.3 is 18.8 Å². The Morgan fingerprint density at radius 3 is 2.93 bits per heavy atom. The quantitative estimate of drug-likeness (QED) is 0.729. The molecule has 8 heteroatoms. The largest absolute Gasteiger partial charge is 0.459 e. The summed E-state index contributed by atoms with van der Waals surface area (Å²) in [6.45, 7) is 6.42. The Bertz CT molecular complexity index is 778. The lowest BCUT2D eigenvalue weighted by molar-refractivity contribution is -0.151. The van der Waals surface area contributed by atoms with Gasteiger partial charge in [-0.25, -0.2) is 9.78 Å². The molecule has 0 bridgehead atoms. The highest BCUT2D eigenvalue weighted by atomic mass is 32.1. The number of ether oxygens (including phenoxy) is 2. The van der Waals surface area contributed by atoms with E-state index in [0.717, 1.165) is 11.3 Å². The molecule has 3 rings (SSSR count). The maximum Gasteiger partial charge on any atom is 0.410 e. The van der Waals surface area contributed by atoms with Crippen LogP contribution in [0.3, 0.4) is 0 Å². The Balaban J connectivity index is 1.51. The van der Waals surface area contributed by atoms with Crippen molar-refractivity contribution in [1.82, 2.24) is 9.88 Å². The molecule has 0 radical (unpaired) electrons. The highest BCUT2D eigenvalue weighted by Gasteiger charge is 2.32. The molecule has 0 N–H and O–H groups in total. The first-order valence-corrected chi connectivity index (χ1v) is 9.82. The van der Waals surface area contributed by atoms with Crippen LogP contribution in [0.4, 0.5) is 4.79 Å². The van der Waals surface area contributed by atoms with Crippen LogP contribution in [0.5, 0.6) is 0 Å². The van der Waals surface area contributed by atoms with Crippen LogP contribution in [0.1, 0.15) is 39.3 Å². The molecule has 0 aliphatic carbocycles. The number of rotatable bonds is 4. The third kappa shape index (κ3) is 5.32. The van der Waals surface area contributed by atoms with Crippen molar-refractivity contribution in [3.05, 3.63) is 29.5 Å². The van der Waals surface area contributed by atoms with E-state index in [-0.39, 0.29) is 18.5 Å². The molecule has 146 valence electrons. The van der Waals surface area contributed by atoms with E-state index in [0.29, 0.717) is 31.1 Å². The first-order chi connectivity index (χ1) is 12.8. The maximum atomic E-state index is 12.4. The first-order valence-electron chi connectivity index (χ1n) is 8.94. The zero-order valence-electron chi connectivity index (χ0n) is 15.8. The number of esters is 1.